The summed E-state index contributed by atoms with van der Waals surface area (Å²) in [5.74, 6) is 0. The van der Waals surface area contributed by atoms with Crippen molar-refractivity contribution >= 4 is 0 Å². The van der Waals surface area contributed by atoms with Crippen LogP contribution >= 0.6 is 0 Å². The zero-order valence-corrected chi connectivity index (χ0v) is 10.5. The summed E-state index contributed by atoms with van der Waals surface area (Å²) in [6.45, 7) is 7.85. The molecule has 0 saturated heterocycles. The van der Waals surface area contributed by atoms with Gasteiger partial charge in [0.1, 0.15) is 0 Å². The smallest absolute Gasteiger partial charge is 0.0295 e. The molecule has 16 heavy (non-hydrogen) atoms. The molecule has 0 aliphatic carbocycles. The molecular weight excluding hydrogens is 196 g/mol. The Morgan fingerprint density at radius 2 is 1.75 bits per heavy atom. The molecule has 1 atom stereocenters. The van der Waals surface area contributed by atoms with Gasteiger partial charge in [-0.05, 0) is 38.0 Å². The molecular formula is C14H24N2. The Hall–Kier alpha value is -0.860. The lowest BCUT2D eigenvalue weighted by Gasteiger charge is -2.19. The number of benzene rings is 1. The Balaban J connectivity index is 2.28. The van der Waals surface area contributed by atoms with Crippen molar-refractivity contribution in [3.63, 3.8) is 0 Å². The molecule has 0 radical (unpaired) electrons. The van der Waals surface area contributed by atoms with E-state index in [2.05, 4.69) is 43.0 Å². The zero-order valence-electron chi connectivity index (χ0n) is 10.5. The molecule has 90 valence electrons. The lowest BCUT2D eigenvalue weighted by atomic mass is 10.0. The highest BCUT2D eigenvalue weighted by molar-refractivity contribution is 5.18. The van der Waals surface area contributed by atoms with Gasteiger partial charge >= 0.3 is 0 Å². The van der Waals surface area contributed by atoms with E-state index >= 15 is 0 Å². The second-order valence-corrected chi connectivity index (χ2v) is 4.19. The van der Waals surface area contributed by atoms with Crippen molar-refractivity contribution in [2.75, 3.05) is 19.6 Å². The van der Waals surface area contributed by atoms with Crippen LogP contribution in [0.3, 0.4) is 0 Å². The van der Waals surface area contributed by atoms with Gasteiger partial charge in [-0.3, -0.25) is 0 Å². The fourth-order valence-corrected chi connectivity index (χ4v) is 1.94. The van der Waals surface area contributed by atoms with Crippen LogP contribution in [0.25, 0.3) is 0 Å². The van der Waals surface area contributed by atoms with Gasteiger partial charge in [0.15, 0.2) is 0 Å². The zero-order chi connectivity index (χ0) is 11.8. The maximum atomic E-state index is 6.15. The van der Waals surface area contributed by atoms with Crippen molar-refractivity contribution in [2.24, 2.45) is 5.73 Å². The minimum Gasteiger partial charge on any atom is -0.324 e. The van der Waals surface area contributed by atoms with Gasteiger partial charge in [-0.15, -0.1) is 0 Å². The third kappa shape index (κ3) is 4.33. The lowest BCUT2D eigenvalue weighted by Crippen LogP contribution is -2.24. The van der Waals surface area contributed by atoms with E-state index in [0.29, 0.717) is 0 Å². The van der Waals surface area contributed by atoms with Crippen LogP contribution in [0.15, 0.2) is 30.3 Å². The standard InChI is InChI=1S/C14H24N2/c1-3-16(4-2)12-8-11-14(15)13-9-6-5-7-10-13/h5-7,9-10,14H,3-4,8,11-12,15H2,1-2H3. The second-order valence-electron chi connectivity index (χ2n) is 4.19. The Labute approximate surface area is 99.5 Å². The van der Waals surface area contributed by atoms with Crippen LogP contribution in [-0.4, -0.2) is 24.5 Å². The van der Waals surface area contributed by atoms with Crippen LogP contribution in [-0.2, 0) is 0 Å². The molecule has 1 aromatic rings. The molecule has 1 rings (SSSR count). The van der Waals surface area contributed by atoms with E-state index in [1.807, 2.05) is 6.07 Å². The first-order valence-electron chi connectivity index (χ1n) is 6.30. The van der Waals surface area contributed by atoms with Crippen molar-refractivity contribution in [3.05, 3.63) is 35.9 Å². The number of nitrogens with two attached hydrogens (primary N) is 1. The summed E-state index contributed by atoms with van der Waals surface area (Å²) in [5.41, 5.74) is 7.40. The van der Waals surface area contributed by atoms with Gasteiger partial charge in [0.05, 0.1) is 0 Å². The largest absolute Gasteiger partial charge is 0.324 e. The predicted molar refractivity (Wildman–Crippen MR) is 70.4 cm³/mol. The molecule has 0 aliphatic heterocycles. The van der Waals surface area contributed by atoms with E-state index in [1.54, 1.807) is 0 Å². The van der Waals surface area contributed by atoms with Crippen LogP contribution < -0.4 is 5.73 Å². The maximum Gasteiger partial charge on any atom is 0.0295 e. The molecule has 0 heterocycles. The van der Waals surface area contributed by atoms with Crippen molar-refractivity contribution in [2.45, 2.75) is 32.7 Å². The van der Waals surface area contributed by atoms with E-state index in [-0.39, 0.29) is 6.04 Å². The summed E-state index contributed by atoms with van der Waals surface area (Å²) in [6.07, 6.45) is 2.25. The molecule has 0 aliphatic rings. The molecule has 2 N–H and O–H groups in total. The molecule has 2 nitrogen and oxygen atoms in total. The first-order valence-corrected chi connectivity index (χ1v) is 6.30. The third-order valence-corrected chi connectivity index (χ3v) is 3.11. The molecule has 1 unspecified atom stereocenters. The van der Waals surface area contributed by atoms with Gasteiger partial charge < -0.3 is 10.6 Å². The van der Waals surface area contributed by atoms with Crippen LogP contribution in [0.1, 0.15) is 38.3 Å². The monoisotopic (exact) mass is 220 g/mol. The van der Waals surface area contributed by atoms with Gasteiger partial charge in [0.25, 0.3) is 0 Å². The van der Waals surface area contributed by atoms with Crippen LogP contribution in [0.5, 0.6) is 0 Å². The number of hydrogen-bond acceptors (Lipinski definition) is 2. The van der Waals surface area contributed by atoms with Crippen LogP contribution in [0.4, 0.5) is 0 Å². The van der Waals surface area contributed by atoms with E-state index in [9.17, 15) is 0 Å². The summed E-state index contributed by atoms with van der Waals surface area (Å²) >= 11 is 0. The fraction of sp³-hybridized carbons (Fsp3) is 0.571. The molecule has 0 saturated carbocycles. The molecule has 1 aromatic carbocycles. The topological polar surface area (TPSA) is 29.3 Å². The number of nitrogens with zero attached hydrogens (tertiary/aromatic N) is 1. The van der Waals surface area contributed by atoms with Gasteiger partial charge in [-0.2, -0.15) is 0 Å². The first-order chi connectivity index (χ1) is 7.77. The summed E-state index contributed by atoms with van der Waals surface area (Å²) in [6, 6.07) is 10.6. The normalized spacial score (nSPS) is 13.0. The van der Waals surface area contributed by atoms with E-state index in [0.717, 1.165) is 26.1 Å². The SMILES string of the molecule is CCN(CC)CCCC(N)c1ccccc1. The predicted octanol–water partition coefficient (Wildman–Crippen LogP) is 2.81. The highest BCUT2D eigenvalue weighted by Gasteiger charge is 2.05. The molecule has 0 aromatic heterocycles. The molecule has 0 spiro atoms. The summed E-state index contributed by atoms with van der Waals surface area (Å²) in [4.78, 5) is 2.44. The van der Waals surface area contributed by atoms with Crippen LogP contribution in [0, 0.1) is 0 Å². The van der Waals surface area contributed by atoms with E-state index in [4.69, 9.17) is 5.73 Å². The average Bonchev–Trinajstić information content (AvgIpc) is 2.35. The van der Waals surface area contributed by atoms with E-state index < -0.39 is 0 Å². The average molecular weight is 220 g/mol. The molecule has 0 bridgehead atoms. The van der Waals surface area contributed by atoms with Crippen molar-refractivity contribution < 1.29 is 0 Å². The maximum absolute atomic E-state index is 6.15. The summed E-state index contributed by atoms with van der Waals surface area (Å²) in [7, 11) is 0. The molecule has 2 heteroatoms. The summed E-state index contributed by atoms with van der Waals surface area (Å²) in [5, 5.41) is 0. The Morgan fingerprint density at radius 1 is 1.12 bits per heavy atom. The minimum atomic E-state index is 0.191. The summed E-state index contributed by atoms with van der Waals surface area (Å²) < 4.78 is 0. The Morgan fingerprint density at radius 3 is 2.31 bits per heavy atom. The van der Waals surface area contributed by atoms with Gasteiger partial charge in [-0.1, -0.05) is 44.2 Å². The Bertz CT molecular complexity index is 267. The molecule has 0 fully saturated rings. The van der Waals surface area contributed by atoms with Gasteiger partial charge in [0.2, 0.25) is 0 Å². The van der Waals surface area contributed by atoms with Crippen molar-refractivity contribution in [1.82, 2.24) is 4.90 Å². The fourth-order valence-electron chi connectivity index (χ4n) is 1.94. The van der Waals surface area contributed by atoms with Gasteiger partial charge in [-0.25, -0.2) is 0 Å². The minimum absolute atomic E-state index is 0.191. The highest BCUT2D eigenvalue weighted by Crippen LogP contribution is 2.15. The van der Waals surface area contributed by atoms with Crippen LogP contribution in [0.2, 0.25) is 0 Å². The van der Waals surface area contributed by atoms with Gasteiger partial charge in [0, 0.05) is 6.04 Å². The third-order valence-electron chi connectivity index (χ3n) is 3.11. The number of hydrogen-bond donors (Lipinski definition) is 1. The Kier molecular flexibility index (Phi) is 6.12. The lowest BCUT2D eigenvalue weighted by molar-refractivity contribution is 0.293. The second kappa shape index (κ2) is 7.42. The molecule has 0 amide bonds. The number of rotatable bonds is 7. The first kappa shape index (κ1) is 13.2. The van der Waals surface area contributed by atoms with E-state index in [1.165, 1.54) is 12.0 Å². The van der Waals surface area contributed by atoms with Crippen molar-refractivity contribution in [1.29, 1.82) is 0 Å². The highest BCUT2D eigenvalue weighted by atomic mass is 15.1. The quantitative estimate of drug-likeness (QED) is 0.765. The van der Waals surface area contributed by atoms with Crippen molar-refractivity contribution in [3.8, 4) is 0 Å².